The smallest absolute Gasteiger partial charge is 0.234 e. The molecule has 1 aromatic carbocycles. The number of carbonyl (C=O) groups excluding carboxylic acids is 1. The monoisotopic (exact) mass is 235 g/mol. The van der Waals surface area contributed by atoms with Crippen LogP contribution in [0.2, 0.25) is 0 Å². The zero-order valence-electron chi connectivity index (χ0n) is 10.5. The molecule has 3 N–H and O–H groups in total. The minimum Gasteiger partial charge on any atom is -0.351 e. The second kappa shape index (κ2) is 7.04. The van der Waals surface area contributed by atoms with Crippen molar-refractivity contribution in [1.82, 2.24) is 10.2 Å². The third-order valence-electron chi connectivity index (χ3n) is 2.82. The molecule has 0 spiro atoms. The third kappa shape index (κ3) is 4.97. The number of nitrogens with two attached hydrogens (primary N) is 1. The summed E-state index contributed by atoms with van der Waals surface area (Å²) in [6.07, 6.45) is 0. The van der Waals surface area contributed by atoms with Crippen LogP contribution in [0.4, 0.5) is 0 Å². The summed E-state index contributed by atoms with van der Waals surface area (Å²) in [5.74, 6) is 0.0247. The van der Waals surface area contributed by atoms with E-state index >= 15 is 0 Å². The lowest BCUT2D eigenvalue weighted by atomic mass is 10.2. The Labute approximate surface area is 103 Å². The second-order valence-electron chi connectivity index (χ2n) is 4.26. The number of hydrogen-bond acceptors (Lipinski definition) is 3. The molecule has 1 aromatic rings. The van der Waals surface area contributed by atoms with Crippen molar-refractivity contribution in [3.05, 3.63) is 35.9 Å². The van der Waals surface area contributed by atoms with Crippen molar-refractivity contribution in [3.8, 4) is 0 Å². The van der Waals surface area contributed by atoms with Gasteiger partial charge in [-0.05, 0) is 19.5 Å². The van der Waals surface area contributed by atoms with Crippen molar-refractivity contribution in [2.75, 3.05) is 20.1 Å². The van der Waals surface area contributed by atoms with E-state index in [2.05, 4.69) is 5.32 Å². The molecule has 17 heavy (non-hydrogen) atoms. The molecule has 1 atom stereocenters. The molecule has 1 rings (SSSR count). The van der Waals surface area contributed by atoms with Crippen molar-refractivity contribution in [2.45, 2.75) is 19.5 Å². The highest BCUT2D eigenvalue weighted by Crippen LogP contribution is 1.97. The maximum Gasteiger partial charge on any atom is 0.234 e. The van der Waals surface area contributed by atoms with Gasteiger partial charge in [-0.3, -0.25) is 9.69 Å². The molecule has 0 radical (unpaired) electrons. The number of nitrogens with one attached hydrogen (secondary N) is 1. The van der Waals surface area contributed by atoms with E-state index in [9.17, 15) is 4.79 Å². The van der Waals surface area contributed by atoms with Gasteiger partial charge in [0, 0.05) is 19.1 Å². The van der Waals surface area contributed by atoms with E-state index in [0.29, 0.717) is 19.6 Å². The Bertz CT molecular complexity index is 340. The third-order valence-corrected chi connectivity index (χ3v) is 2.82. The van der Waals surface area contributed by atoms with Crippen LogP contribution in [0.5, 0.6) is 0 Å². The van der Waals surface area contributed by atoms with Crippen molar-refractivity contribution in [3.63, 3.8) is 0 Å². The van der Waals surface area contributed by atoms with Gasteiger partial charge in [0.25, 0.3) is 0 Å². The molecule has 0 bridgehead atoms. The average Bonchev–Trinajstić information content (AvgIpc) is 2.36. The molecule has 94 valence electrons. The van der Waals surface area contributed by atoms with E-state index in [1.165, 1.54) is 0 Å². The molecule has 0 saturated carbocycles. The Morgan fingerprint density at radius 1 is 1.41 bits per heavy atom. The summed E-state index contributed by atoms with van der Waals surface area (Å²) in [7, 11) is 1.90. The largest absolute Gasteiger partial charge is 0.351 e. The van der Waals surface area contributed by atoms with Crippen molar-refractivity contribution < 1.29 is 4.79 Å². The van der Waals surface area contributed by atoms with Crippen molar-refractivity contribution in [2.24, 2.45) is 5.73 Å². The van der Waals surface area contributed by atoms with Crippen LogP contribution in [0.25, 0.3) is 0 Å². The number of amides is 1. The van der Waals surface area contributed by atoms with E-state index in [-0.39, 0.29) is 11.9 Å². The van der Waals surface area contributed by atoms with Gasteiger partial charge in [-0.1, -0.05) is 30.3 Å². The van der Waals surface area contributed by atoms with Crippen LogP contribution in [-0.4, -0.2) is 37.0 Å². The standard InChI is InChI=1S/C13H21N3O/c1-11(8-14)16(2)10-13(17)15-9-12-6-4-3-5-7-12/h3-7,11H,8-10,14H2,1-2H3,(H,15,17)/t11-/m1/s1. The molecule has 1 amide bonds. The molecule has 4 nitrogen and oxygen atoms in total. The lowest BCUT2D eigenvalue weighted by Gasteiger charge is -2.22. The minimum absolute atomic E-state index is 0.0247. The lowest BCUT2D eigenvalue weighted by Crippen LogP contribution is -2.42. The summed E-state index contributed by atoms with van der Waals surface area (Å²) in [6.45, 7) is 3.52. The number of likely N-dealkylation sites (N-methyl/N-ethyl adjacent to an activating group) is 1. The number of rotatable bonds is 6. The molecular formula is C13H21N3O. The summed E-state index contributed by atoms with van der Waals surface area (Å²) in [4.78, 5) is 13.6. The minimum atomic E-state index is 0.0247. The first-order valence-electron chi connectivity index (χ1n) is 5.84. The predicted octanol–water partition coefficient (Wildman–Crippen LogP) is 0.582. The first-order chi connectivity index (χ1) is 8.13. The van der Waals surface area contributed by atoms with Gasteiger partial charge in [0.05, 0.1) is 6.54 Å². The fraction of sp³-hybridized carbons (Fsp3) is 0.462. The number of hydrogen-bond donors (Lipinski definition) is 2. The van der Waals surface area contributed by atoms with Crippen LogP contribution in [0.1, 0.15) is 12.5 Å². The Morgan fingerprint density at radius 2 is 2.06 bits per heavy atom. The summed E-state index contributed by atoms with van der Waals surface area (Å²) in [6, 6.07) is 10.1. The van der Waals surface area contributed by atoms with Crippen LogP contribution in [0.15, 0.2) is 30.3 Å². The highest BCUT2D eigenvalue weighted by atomic mass is 16.2. The first-order valence-corrected chi connectivity index (χ1v) is 5.84. The fourth-order valence-electron chi connectivity index (χ4n) is 1.41. The quantitative estimate of drug-likeness (QED) is 0.758. The van der Waals surface area contributed by atoms with Gasteiger partial charge >= 0.3 is 0 Å². The highest BCUT2D eigenvalue weighted by molar-refractivity contribution is 5.78. The van der Waals surface area contributed by atoms with Crippen LogP contribution < -0.4 is 11.1 Å². The van der Waals surface area contributed by atoms with E-state index in [4.69, 9.17) is 5.73 Å². The van der Waals surface area contributed by atoms with Crippen LogP contribution >= 0.6 is 0 Å². The molecule has 0 heterocycles. The van der Waals surface area contributed by atoms with E-state index in [1.54, 1.807) is 0 Å². The first kappa shape index (κ1) is 13.7. The maximum atomic E-state index is 11.7. The van der Waals surface area contributed by atoms with Crippen molar-refractivity contribution in [1.29, 1.82) is 0 Å². The molecule has 0 saturated heterocycles. The number of carbonyl (C=O) groups is 1. The van der Waals surface area contributed by atoms with Gasteiger partial charge in [0.1, 0.15) is 0 Å². The Morgan fingerprint density at radius 3 is 2.65 bits per heavy atom. The molecule has 0 aliphatic heterocycles. The molecule has 0 aliphatic rings. The van der Waals surface area contributed by atoms with Gasteiger partial charge in [0.15, 0.2) is 0 Å². The van der Waals surface area contributed by atoms with Gasteiger partial charge in [-0.2, -0.15) is 0 Å². The summed E-state index contributed by atoms with van der Waals surface area (Å²) < 4.78 is 0. The van der Waals surface area contributed by atoms with Gasteiger partial charge in [-0.25, -0.2) is 0 Å². The van der Waals surface area contributed by atoms with Crippen LogP contribution in [0.3, 0.4) is 0 Å². The summed E-state index contributed by atoms with van der Waals surface area (Å²) in [5, 5.41) is 2.89. The van der Waals surface area contributed by atoms with Crippen LogP contribution in [-0.2, 0) is 11.3 Å². The van der Waals surface area contributed by atoms with Crippen molar-refractivity contribution >= 4 is 5.91 Å². The van der Waals surface area contributed by atoms with Gasteiger partial charge < -0.3 is 11.1 Å². The zero-order valence-corrected chi connectivity index (χ0v) is 10.5. The summed E-state index contributed by atoms with van der Waals surface area (Å²) in [5.41, 5.74) is 6.65. The molecule has 0 unspecified atom stereocenters. The Kier molecular flexibility index (Phi) is 5.66. The van der Waals surface area contributed by atoms with E-state index in [0.717, 1.165) is 5.56 Å². The zero-order chi connectivity index (χ0) is 12.7. The highest BCUT2D eigenvalue weighted by Gasteiger charge is 2.10. The van der Waals surface area contributed by atoms with E-state index in [1.807, 2.05) is 49.2 Å². The topological polar surface area (TPSA) is 58.4 Å². The molecular weight excluding hydrogens is 214 g/mol. The van der Waals surface area contributed by atoms with Gasteiger partial charge in [-0.15, -0.1) is 0 Å². The summed E-state index contributed by atoms with van der Waals surface area (Å²) >= 11 is 0. The number of benzene rings is 1. The second-order valence-corrected chi connectivity index (χ2v) is 4.26. The normalized spacial score (nSPS) is 12.5. The van der Waals surface area contributed by atoms with Gasteiger partial charge in [0.2, 0.25) is 5.91 Å². The lowest BCUT2D eigenvalue weighted by molar-refractivity contribution is -0.122. The van der Waals surface area contributed by atoms with Crippen LogP contribution in [0, 0.1) is 0 Å². The fourth-order valence-corrected chi connectivity index (χ4v) is 1.41. The SMILES string of the molecule is C[C@H](CN)N(C)CC(=O)NCc1ccccc1. The maximum absolute atomic E-state index is 11.7. The molecule has 0 aliphatic carbocycles. The molecule has 0 fully saturated rings. The Balaban J connectivity index is 2.31. The van der Waals surface area contributed by atoms with E-state index < -0.39 is 0 Å². The number of nitrogens with zero attached hydrogens (tertiary/aromatic N) is 1. The predicted molar refractivity (Wildman–Crippen MR) is 69.4 cm³/mol. The Hall–Kier alpha value is -1.39. The average molecular weight is 235 g/mol. The molecule has 0 aromatic heterocycles. The molecule has 4 heteroatoms.